The maximum Gasteiger partial charge on any atom is 0.224 e. The number of benzene rings is 1. The maximum atomic E-state index is 12.0. The van der Waals surface area contributed by atoms with Crippen molar-refractivity contribution in [1.29, 1.82) is 0 Å². The second kappa shape index (κ2) is 7.65. The number of halogens is 1. The molecule has 0 aromatic heterocycles. The van der Waals surface area contributed by atoms with Gasteiger partial charge >= 0.3 is 0 Å². The van der Waals surface area contributed by atoms with E-state index >= 15 is 0 Å². The number of aryl methyl sites for hydroxylation is 1. The number of nitrogens with two attached hydrogens (primary N) is 1. The molecule has 3 nitrogen and oxygen atoms in total. The third-order valence-electron chi connectivity index (χ3n) is 4.10. The van der Waals surface area contributed by atoms with E-state index in [9.17, 15) is 4.79 Å². The van der Waals surface area contributed by atoms with Crippen LogP contribution < -0.4 is 11.1 Å². The van der Waals surface area contributed by atoms with Crippen molar-refractivity contribution in [2.75, 3.05) is 6.54 Å². The smallest absolute Gasteiger partial charge is 0.224 e. The monoisotopic (exact) mass is 296 g/mol. The number of hydrogen-bond acceptors (Lipinski definition) is 2. The van der Waals surface area contributed by atoms with Gasteiger partial charge in [0.15, 0.2) is 0 Å². The fraction of sp³-hybridized carbons (Fsp3) is 0.562. The lowest BCUT2D eigenvalue weighted by Gasteiger charge is -2.33. The minimum atomic E-state index is -0.181. The van der Waals surface area contributed by atoms with Crippen molar-refractivity contribution >= 4 is 18.3 Å². The van der Waals surface area contributed by atoms with Gasteiger partial charge in [0.25, 0.3) is 0 Å². The van der Waals surface area contributed by atoms with Gasteiger partial charge in [-0.3, -0.25) is 4.79 Å². The first-order valence-electron chi connectivity index (χ1n) is 7.19. The highest BCUT2D eigenvalue weighted by atomic mass is 35.5. The van der Waals surface area contributed by atoms with Crippen molar-refractivity contribution in [3.05, 3.63) is 35.4 Å². The summed E-state index contributed by atoms with van der Waals surface area (Å²) in [6, 6.07) is 8.01. The minimum absolute atomic E-state index is 0. The normalized spacial score (nSPS) is 17.1. The van der Waals surface area contributed by atoms with Crippen LogP contribution in [0.1, 0.15) is 43.2 Å². The molecular weight excluding hydrogens is 272 g/mol. The second-order valence-electron chi connectivity index (χ2n) is 5.80. The fourth-order valence-corrected chi connectivity index (χ4v) is 2.75. The molecule has 3 N–H and O–H groups in total. The molecule has 0 heterocycles. The van der Waals surface area contributed by atoms with Crippen LogP contribution in [0, 0.1) is 6.92 Å². The van der Waals surface area contributed by atoms with Gasteiger partial charge in [-0.05, 0) is 30.9 Å². The van der Waals surface area contributed by atoms with Gasteiger partial charge in [-0.15, -0.1) is 12.4 Å². The van der Waals surface area contributed by atoms with Gasteiger partial charge in [0, 0.05) is 12.1 Å². The molecule has 2 rings (SSSR count). The molecule has 1 amide bonds. The molecule has 112 valence electrons. The summed E-state index contributed by atoms with van der Waals surface area (Å²) in [6.45, 7) is 2.64. The molecular formula is C16H25ClN2O. The number of rotatable bonds is 4. The first kappa shape index (κ1) is 17.0. The molecule has 0 radical (unpaired) electrons. The summed E-state index contributed by atoms with van der Waals surface area (Å²) in [4.78, 5) is 12.0. The molecule has 0 aliphatic heterocycles. The van der Waals surface area contributed by atoms with E-state index in [0.717, 1.165) is 24.0 Å². The Morgan fingerprint density at radius 2 is 1.90 bits per heavy atom. The van der Waals surface area contributed by atoms with Crippen LogP contribution in [0.2, 0.25) is 0 Å². The largest absolute Gasteiger partial charge is 0.354 e. The minimum Gasteiger partial charge on any atom is -0.354 e. The van der Waals surface area contributed by atoms with Gasteiger partial charge in [0.1, 0.15) is 0 Å². The molecule has 0 bridgehead atoms. The topological polar surface area (TPSA) is 55.1 Å². The zero-order valence-corrected chi connectivity index (χ0v) is 13.0. The van der Waals surface area contributed by atoms with Gasteiger partial charge in [-0.25, -0.2) is 0 Å². The summed E-state index contributed by atoms with van der Waals surface area (Å²) in [7, 11) is 0. The van der Waals surface area contributed by atoms with Gasteiger partial charge in [0.2, 0.25) is 5.91 Å². The summed E-state index contributed by atoms with van der Waals surface area (Å²) in [5.74, 6) is 0.0738. The van der Waals surface area contributed by atoms with Crippen molar-refractivity contribution in [3.63, 3.8) is 0 Å². The molecule has 0 atom stereocenters. The Hall–Kier alpha value is -1.06. The first-order chi connectivity index (χ1) is 9.09. The number of hydrogen-bond donors (Lipinski definition) is 2. The molecule has 1 aromatic carbocycles. The van der Waals surface area contributed by atoms with Crippen LogP contribution in [-0.2, 0) is 11.2 Å². The van der Waals surface area contributed by atoms with Gasteiger partial charge in [-0.1, -0.05) is 43.5 Å². The van der Waals surface area contributed by atoms with E-state index in [1.165, 1.54) is 19.3 Å². The number of carbonyl (C=O) groups is 1. The molecule has 0 saturated heterocycles. The molecule has 4 heteroatoms. The second-order valence-corrected chi connectivity index (χ2v) is 5.80. The van der Waals surface area contributed by atoms with Gasteiger partial charge < -0.3 is 11.1 Å². The van der Waals surface area contributed by atoms with Crippen LogP contribution in [0.4, 0.5) is 0 Å². The highest BCUT2D eigenvalue weighted by Gasteiger charge is 2.27. The molecule has 1 fully saturated rings. The predicted octanol–water partition coefficient (Wildman–Crippen LogP) is 2.74. The third-order valence-corrected chi connectivity index (χ3v) is 4.10. The Morgan fingerprint density at radius 1 is 1.25 bits per heavy atom. The van der Waals surface area contributed by atoms with Crippen LogP contribution in [0.15, 0.2) is 24.3 Å². The van der Waals surface area contributed by atoms with Crippen LogP contribution in [0.25, 0.3) is 0 Å². The van der Waals surface area contributed by atoms with Crippen molar-refractivity contribution in [2.24, 2.45) is 5.73 Å². The van der Waals surface area contributed by atoms with Crippen molar-refractivity contribution in [1.82, 2.24) is 5.32 Å². The number of nitrogens with one attached hydrogen (secondary N) is 1. The first-order valence-corrected chi connectivity index (χ1v) is 7.19. The van der Waals surface area contributed by atoms with E-state index < -0.39 is 0 Å². The van der Waals surface area contributed by atoms with E-state index in [-0.39, 0.29) is 23.9 Å². The Balaban J connectivity index is 0.00000200. The summed E-state index contributed by atoms with van der Waals surface area (Å²) in [5.41, 5.74) is 8.39. The third kappa shape index (κ3) is 4.80. The lowest BCUT2D eigenvalue weighted by Crippen LogP contribution is -2.51. The average molecular weight is 297 g/mol. The summed E-state index contributed by atoms with van der Waals surface area (Å²) in [6.07, 6.45) is 6.14. The van der Waals surface area contributed by atoms with Crippen molar-refractivity contribution < 1.29 is 4.79 Å². The SMILES string of the molecule is Cc1ccccc1CC(=O)NCC1(N)CCCCC1.Cl. The molecule has 20 heavy (non-hydrogen) atoms. The lowest BCUT2D eigenvalue weighted by molar-refractivity contribution is -0.120. The van der Waals surface area contributed by atoms with E-state index in [1.807, 2.05) is 31.2 Å². The molecule has 1 aliphatic carbocycles. The van der Waals surface area contributed by atoms with Crippen LogP contribution >= 0.6 is 12.4 Å². The van der Waals surface area contributed by atoms with Crippen LogP contribution in [-0.4, -0.2) is 18.0 Å². The Labute approximate surface area is 127 Å². The number of carbonyl (C=O) groups excluding carboxylic acids is 1. The molecule has 0 spiro atoms. The van der Waals surface area contributed by atoms with E-state index in [1.54, 1.807) is 0 Å². The zero-order chi connectivity index (χ0) is 13.7. The molecule has 1 saturated carbocycles. The summed E-state index contributed by atoms with van der Waals surface area (Å²) in [5, 5.41) is 3.00. The lowest BCUT2D eigenvalue weighted by atomic mass is 9.82. The van der Waals surface area contributed by atoms with E-state index in [4.69, 9.17) is 5.73 Å². The van der Waals surface area contributed by atoms with Crippen LogP contribution in [0.5, 0.6) is 0 Å². The molecule has 0 unspecified atom stereocenters. The Morgan fingerprint density at radius 3 is 2.55 bits per heavy atom. The van der Waals surface area contributed by atoms with Gasteiger partial charge in [-0.2, -0.15) is 0 Å². The zero-order valence-electron chi connectivity index (χ0n) is 12.2. The van der Waals surface area contributed by atoms with E-state index in [2.05, 4.69) is 5.32 Å². The van der Waals surface area contributed by atoms with E-state index in [0.29, 0.717) is 13.0 Å². The molecule has 1 aromatic rings. The van der Waals surface area contributed by atoms with Gasteiger partial charge in [0.05, 0.1) is 6.42 Å². The predicted molar refractivity (Wildman–Crippen MR) is 85.1 cm³/mol. The highest BCUT2D eigenvalue weighted by molar-refractivity contribution is 5.85. The summed E-state index contributed by atoms with van der Waals surface area (Å²) < 4.78 is 0. The fourth-order valence-electron chi connectivity index (χ4n) is 2.75. The summed E-state index contributed by atoms with van der Waals surface area (Å²) >= 11 is 0. The Bertz CT molecular complexity index is 442. The highest BCUT2D eigenvalue weighted by Crippen LogP contribution is 2.25. The average Bonchev–Trinajstić information content (AvgIpc) is 2.40. The van der Waals surface area contributed by atoms with Crippen molar-refractivity contribution in [3.8, 4) is 0 Å². The molecule has 1 aliphatic rings. The maximum absolute atomic E-state index is 12.0. The van der Waals surface area contributed by atoms with Crippen molar-refractivity contribution in [2.45, 2.75) is 51.0 Å². The standard InChI is InChI=1S/C16H24N2O.ClH/c1-13-7-3-4-8-14(13)11-15(19)18-12-16(17)9-5-2-6-10-16;/h3-4,7-8H,2,5-6,9-12,17H2,1H3,(H,18,19);1H. The quantitative estimate of drug-likeness (QED) is 0.897. The Kier molecular flexibility index (Phi) is 6.50. The number of amides is 1. The van der Waals surface area contributed by atoms with Crippen LogP contribution in [0.3, 0.4) is 0 Å².